The Hall–Kier alpha value is -0.580. The van der Waals surface area contributed by atoms with Gasteiger partial charge in [0.25, 0.3) is 5.78 Å². The van der Waals surface area contributed by atoms with Crippen LogP contribution in [0.1, 0.15) is 12.8 Å². The lowest BCUT2D eigenvalue weighted by molar-refractivity contribution is -0.172. The molecule has 5 heteroatoms. The van der Waals surface area contributed by atoms with Crippen molar-refractivity contribution in [3.8, 4) is 0 Å². The van der Waals surface area contributed by atoms with Crippen molar-refractivity contribution in [1.29, 1.82) is 0 Å². The molecule has 0 radical (unpaired) electrons. The van der Waals surface area contributed by atoms with Gasteiger partial charge in [0, 0.05) is 0 Å². The minimum atomic E-state index is -4.68. The first-order chi connectivity index (χ1) is 5.02. The quantitative estimate of drug-likeness (QED) is 0.627. The molecular weight excluding hydrogens is 159 g/mol. The van der Waals surface area contributed by atoms with Crippen LogP contribution in [0.4, 0.5) is 13.2 Å². The second kappa shape index (κ2) is 2.81. The summed E-state index contributed by atoms with van der Waals surface area (Å²) in [5, 5.41) is 2.49. The van der Waals surface area contributed by atoms with Gasteiger partial charge in [-0.05, 0) is 19.4 Å². The van der Waals surface area contributed by atoms with Gasteiger partial charge in [-0.2, -0.15) is 13.2 Å². The molecule has 64 valence electrons. The van der Waals surface area contributed by atoms with E-state index in [1.165, 1.54) is 0 Å². The molecular formula is C6H8F3NO. The van der Waals surface area contributed by atoms with E-state index in [1.54, 1.807) is 0 Å². The van der Waals surface area contributed by atoms with E-state index in [4.69, 9.17) is 0 Å². The maximum atomic E-state index is 11.7. The van der Waals surface area contributed by atoms with E-state index in [9.17, 15) is 18.0 Å². The average Bonchev–Trinajstić information content (AvgIpc) is 2.34. The number of hydrogen-bond acceptors (Lipinski definition) is 2. The summed E-state index contributed by atoms with van der Waals surface area (Å²) >= 11 is 0. The highest BCUT2D eigenvalue weighted by Gasteiger charge is 2.43. The fourth-order valence-electron chi connectivity index (χ4n) is 1.11. The molecule has 1 heterocycles. The SMILES string of the molecule is O=C([C@H]1CCCN1)C(F)(F)F. The van der Waals surface area contributed by atoms with E-state index < -0.39 is 18.0 Å². The molecule has 1 atom stereocenters. The summed E-state index contributed by atoms with van der Waals surface area (Å²) in [7, 11) is 0. The van der Waals surface area contributed by atoms with Crippen molar-refractivity contribution in [3.05, 3.63) is 0 Å². The van der Waals surface area contributed by atoms with Gasteiger partial charge in [0.05, 0.1) is 6.04 Å². The Morgan fingerprint density at radius 1 is 1.45 bits per heavy atom. The first-order valence-electron chi connectivity index (χ1n) is 3.36. The third kappa shape index (κ3) is 1.92. The molecule has 0 unspecified atom stereocenters. The van der Waals surface area contributed by atoms with Crippen molar-refractivity contribution in [2.75, 3.05) is 6.54 Å². The molecule has 0 saturated carbocycles. The minimum Gasteiger partial charge on any atom is -0.307 e. The molecule has 2 nitrogen and oxygen atoms in total. The fraction of sp³-hybridized carbons (Fsp3) is 0.833. The van der Waals surface area contributed by atoms with Crippen LogP contribution in [0.25, 0.3) is 0 Å². The maximum absolute atomic E-state index is 11.7. The highest BCUT2D eigenvalue weighted by Crippen LogP contribution is 2.21. The molecule has 0 spiro atoms. The summed E-state index contributed by atoms with van der Waals surface area (Å²) in [5.41, 5.74) is 0. The lowest BCUT2D eigenvalue weighted by Gasteiger charge is -2.10. The van der Waals surface area contributed by atoms with Gasteiger partial charge in [0.1, 0.15) is 0 Å². The zero-order chi connectivity index (χ0) is 8.48. The fourth-order valence-corrected chi connectivity index (χ4v) is 1.11. The number of alkyl halides is 3. The van der Waals surface area contributed by atoms with Crippen LogP contribution in [0.2, 0.25) is 0 Å². The van der Waals surface area contributed by atoms with E-state index in [1.807, 2.05) is 0 Å². The highest BCUT2D eigenvalue weighted by atomic mass is 19.4. The summed E-state index contributed by atoms with van der Waals surface area (Å²) < 4.78 is 35.1. The van der Waals surface area contributed by atoms with Gasteiger partial charge in [-0.15, -0.1) is 0 Å². The lowest BCUT2D eigenvalue weighted by Crippen LogP contribution is -2.40. The Morgan fingerprint density at radius 2 is 2.09 bits per heavy atom. The summed E-state index contributed by atoms with van der Waals surface area (Å²) in [5.74, 6) is -1.64. The number of ketones is 1. The standard InChI is InChI=1S/C6H8F3NO/c7-6(8,9)5(11)4-2-1-3-10-4/h4,10H,1-3H2/t4-/m1/s1. The predicted octanol–water partition coefficient (Wildman–Crippen LogP) is 0.870. The van der Waals surface area contributed by atoms with Crippen molar-refractivity contribution in [2.24, 2.45) is 0 Å². The molecule has 0 amide bonds. The molecule has 1 N–H and O–H groups in total. The largest absolute Gasteiger partial charge is 0.451 e. The van der Waals surface area contributed by atoms with Crippen LogP contribution >= 0.6 is 0 Å². The van der Waals surface area contributed by atoms with Crippen LogP contribution in [0, 0.1) is 0 Å². The highest BCUT2D eigenvalue weighted by molar-refractivity contribution is 5.89. The Morgan fingerprint density at radius 3 is 2.45 bits per heavy atom. The van der Waals surface area contributed by atoms with Crippen molar-refractivity contribution in [2.45, 2.75) is 25.1 Å². The van der Waals surface area contributed by atoms with E-state index in [0.29, 0.717) is 19.4 Å². The normalized spacial score (nSPS) is 25.5. The van der Waals surface area contributed by atoms with Gasteiger partial charge < -0.3 is 5.32 Å². The van der Waals surface area contributed by atoms with Gasteiger partial charge in [-0.3, -0.25) is 4.79 Å². The summed E-state index contributed by atoms with van der Waals surface area (Å²) in [6.45, 7) is 0.506. The van der Waals surface area contributed by atoms with E-state index >= 15 is 0 Å². The van der Waals surface area contributed by atoms with E-state index in [-0.39, 0.29) is 0 Å². The molecule has 1 fully saturated rings. The lowest BCUT2D eigenvalue weighted by atomic mass is 10.1. The maximum Gasteiger partial charge on any atom is 0.451 e. The molecule has 1 aliphatic rings. The third-order valence-corrected chi connectivity index (χ3v) is 1.66. The number of rotatable bonds is 1. The zero-order valence-electron chi connectivity index (χ0n) is 5.74. The van der Waals surface area contributed by atoms with Gasteiger partial charge in [-0.1, -0.05) is 0 Å². The monoisotopic (exact) mass is 167 g/mol. The number of nitrogens with one attached hydrogen (secondary N) is 1. The first-order valence-corrected chi connectivity index (χ1v) is 3.36. The number of Topliss-reactive ketones (excluding diaryl/α,β-unsaturated/α-hetero) is 1. The minimum absolute atomic E-state index is 0.304. The van der Waals surface area contributed by atoms with E-state index in [2.05, 4.69) is 5.32 Å². The van der Waals surface area contributed by atoms with Crippen LogP contribution in [0.3, 0.4) is 0 Å². The molecule has 0 aromatic heterocycles. The van der Waals surface area contributed by atoms with Gasteiger partial charge in [0.2, 0.25) is 0 Å². The number of halogens is 3. The zero-order valence-corrected chi connectivity index (χ0v) is 5.74. The number of carbonyl (C=O) groups excluding carboxylic acids is 1. The van der Waals surface area contributed by atoms with Crippen LogP contribution in [-0.4, -0.2) is 24.5 Å². The van der Waals surface area contributed by atoms with Gasteiger partial charge in [0.15, 0.2) is 0 Å². The average molecular weight is 167 g/mol. The number of hydrogen-bond donors (Lipinski definition) is 1. The molecule has 1 aliphatic heterocycles. The molecule has 0 aliphatic carbocycles. The smallest absolute Gasteiger partial charge is 0.307 e. The summed E-state index contributed by atoms with van der Waals surface area (Å²) in [6, 6.07) is -0.991. The van der Waals surface area contributed by atoms with Crippen molar-refractivity contribution >= 4 is 5.78 Å². The molecule has 1 saturated heterocycles. The van der Waals surface area contributed by atoms with Gasteiger partial charge >= 0.3 is 6.18 Å². The van der Waals surface area contributed by atoms with Gasteiger partial charge in [-0.25, -0.2) is 0 Å². The van der Waals surface area contributed by atoms with Crippen LogP contribution in [0.5, 0.6) is 0 Å². The predicted molar refractivity (Wildman–Crippen MR) is 32.1 cm³/mol. The summed E-state index contributed by atoms with van der Waals surface area (Å²) in [6.07, 6.45) is -3.73. The van der Waals surface area contributed by atoms with Crippen LogP contribution in [0.15, 0.2) is 0 Å². The molecule has 0 aromatic rings. The Kier molecular flexibility index (Phi) is 2.17. The molecule has 0 aromatic carbocycles. The van der Waals surface area contributed by atoms with Crippen molar-refractivity contribution in [3.63, 3.8) is 0 Å². The molecule has 0 bridgehead atoms. The number of carbonyl (C=O) groups is 1. The van der Waals surface area contributed by atoms with Crippen molar-refractivity contribution in [1.82, 2.24) is 5.32 Å². The Bertz CT molecular complexity index is 160. The molecule has 11 heavy (non-hydrogen) atoms. The Balaban J connectivity index is 2.53. The Labute approximate surface area is 61.8 Å². The van der Waals surface area contributed by atoms with Crippen LogP contribution in [-0.2, 0) is 4.79 Å². The second-order valence-corrected chi connectivity index (χ2v) is 2.51. The first kappa shape index (κ1) is 8.52. The third-order valence-electron chi connectivity index (χ3n) is 1.66. The second-order valence-electron chi connectivity index (χ2n) is 2.51. The van der Waals surface area contributed by atoms with E-state index in [0.717, 1.165) is 0 Å². The van der Waals surface area contributed by atoms with Crippen molar-refractivity contribution < 1.29 is 18.0 Å². The summed E-state index contributed by atoms with van der Waals surface area (Å²) in [4.78, 5) is 10.5. The topological polar surface area (TPSA) is 29.1 Å². The molecule has 1 rings (SSSR count). The van der Waals surface area contributed by atoms with Crippen LogP contribution < -0.4 is 5.32 Å².